The van der Waals surface area contributed by atoms with Gasteiger partial charge in [0.25, 0.3) is 0 Å². The molecule has 1 saturated heterocycles. The average Bonchev–Trinajstić information content (AvgIpc) is 3.02. The normalized spacial score (nSPS) is 29.5. The van der Waals surface area contributed by atoms with Crippen molar-refractivity contribution in [3.8, 4) is 0 Å². The van der Waals surface area contributed by atoms with Crippen LogP contribution < -0.4 is 5.73 Å². The van der Waals surface area contributed by atoms with E-state index in [1.54, 1.807) is 0 Å². The highest BCUT2D eigenvalue weighted by atomic mass is 16.6. The van der Waals surface area contributed by atoms with Crippen molar-refractivity contribution in [1.29, 1.82) is 0 Å². The first-order valence-electron chi connectivity index (χ1n) is 6.14. The molecular formula is C11H14N6O4. The van der Waals surface area contributed by atoms with Gasteiger partial charge in [0.15, 0.2) is 17.7 Å². The highest BCUT2D eigenvalue weighted by Gasteiger charge is 2.43. The molecule has 1 aliphatic rings. The van der Waals surface area contributed by atoms with Crippen LogP contribution in [-0.4, -0.2) is 61.4 Å². The Morgan fingerprint density at radius 3 is 2.95 bits per heavy atom. The fraction of sp³-hybridized carbons (Fsp3) is 0.455. The van der Waals surface area contributed by atoms with Crippen LogP contribution in [0.15, 0.2) is 17.8 Å². The lowest BCUT2D eigenvalue weighted by molar-refractivity contribution is -0.0215. The molecule has 0 amide bonds. The molecule has 3 heterocycles. The molecule has 0 saturated carbocycles. The van der Waals surface area contributed by atoms with Crippen LogP contribution in [-0.2, 0) is 9.57 Å². The zero-order chi connectivity index (χ0) is 15.0. The number of hydrogen-bond acceptors (Lipinski definition) is 9. The van der Waals surface area contributed by atoms with Crippen LogP contribution in [0.5, 0.6) is 0 Å². The van der Waals surface area contributed by atoms with E-state index in [0.29, 0.717) is 11.2 Å². The first kappa shape index (κ1) is 13.7. The minimum atomic E-state index is -1.17. The van der Waals surface area contributed by atoms with Crippen molar-refractivity contribution in [3.63, 3.8) is 0 Å². The van der Waals surface area contributed by atoms with Gasteiger partial charge in [-0.2, -0.15) is 0 Å². The summed E-state index contributed by atoms with van der Waals surface area (Å²) in [5.41, 5.74) is 6.51. The number of nitrogens with two attached hydrogens (primary N) is 1. The Labute approximate surface area is 118 Å². The molecule has 3 rings (SSSR count). The van der Waals surface area contributed by atoms with Crippen molar-refractivity contribution in [1.82, 2.24) is 19.5 Å². The van der Waals surface area contributed by atoms with E-state index >= 15 is 0 Å². The topological polar surface area (TPSA) is 141 Å². The van der Waals surface area contributed by atoms with Crippen molar-refractivity contribution in [2.24, 2.45) is 5.16 Å². The van der Waals surface area contributed by atoms with E-state index in [9.17, 15) is 10.2 Å². The van der Waals surface area contributed by atoms with Crippen molar-refractivity contribution in [2.45, 2.75) is 24.5 Å². The van der Waals surface area contributed by atoms with Gasteiger partial charge in [-0.3, -0.25) is 4.57 Å². The Hall–Kier alpha value is -2.30. The van der Waals surface area contributed by atoms with Crippen molar-refractivity contribution < 1.29 is 19.8 Å². The fourth-order valence-electron chi connectivity index (χ4n) is 2.22. The number of aromatic nitrogens is 4. The van der Waals surface area contributed by atoms with Crippen LogP contribution in [0.1, 0.15) is 6.23 Å². The standard InChI is InChI=1S/C11H14N6O4/c1-20-16-2-5-7(18)8(19)11(21-5)17-4-15-6-9(12)13-3-14-10(6)17/h2-5,7-8,11,18-19H,1H3,(H2,12,13,14)/t5-,7-,8-,11-/m1/s1. The Bertz CT molecular complexity index is 674. The third kappa shape index (κ3) is 2.18. The van der Waals surface area contributed by atoms with E-state index in [1.165, 1.54) is 30.5 Å². The first-order chi connectivity index (χ1) is 10.1. The molecule has 1 aliphatic heterocycles. The van der Waals surface area contributed by atoms with Crippen molar-refractivity contribution >= 4 is 23.2 Å². The molecule has 4 N–H and O–H groups in total. The van der Waals surface area contributed by atoms with E-state index in [4.69, 9.17) is 10.5 Å². The van der Waals surface area contributed by atoms with Crippen LogP contribution in [0.3, 0.4) is 0 Å². The van der Waals surface area contributed by atoms with Gasteiger partial charge in [-0.1, -0.05) is 5.16 Å². The number of ether oxygens (including phenoxy) is 1. The van der Waals surface area contributed by atoms with Crippen molar-refractivity contribution in [2.75, 3.05) is 12.8 Å². The van der Waals surface area contributed by atoms with Gasteiger partial charge in [-0.25, -0.2) is 15.0 Å². The number of fused-ring (bicyclic) bond motifs is 1. The van der Waals surface area contributed by atoms with Crippen LogP contribution in [0.4, 0.5) is 5.82 Å². The highest BCUT2D eigenvalue weighted by Crippen LogP contribution is 2.31. The highest BCUT2D eigenvalue weighted by molar-refractivity contribution is 5.81. The lowest BCUT2D eigenvalue weighted by Crippen LogP contribution is -2.32. The maximum atomic E-state index is 10.1. The van der Waals surface area contributed by atoms with Gasteiger partial charge in [0, 0.05) is 0 Å². The summed E-state index contributed by atoms with van der Waals surface area (Å²) in [6, 6.07) is 0. The van der Waals surface area contributed by atoms with Gasteiger partial charge in [0.1, 0.15) is 37.3 Å². The van der Waals surface area contributed by atoms with Crippen molar-refractivity contribution in [3.05, 3.63) is 12.7 Å². The molecule has 0 bridgehead atoms. The maximum absolute atomic E-state index is 10.1. The average molecular weight is 294 g/mol. The summed E-state index contributed by atoms with van der Waals surface area (Å²) in [5.74, 6) is 0.226. The van der Waals surface area contributed by atoms with Gasteiger partial charge in [0.2, 0.25) is 0 Å². The zero-order valence-corrected chi connectivity index (χ0v) is 11.1. The number of aliphatic hydroxyl groups excluding tert-OH is 2. The maximum Gasteiger partial charge on any atom is 0.167 e. The third-order valence-corrected chi connectivity index (χ3v) is 3.25. The van der Waals surface area contributed by atoms with Gasteiger partial charge in [-0.15, -0.1) is 0 Å². The minimum Gasteiger partial charge on any atom is -0.399 e. The van der Waals surface area contributed by atoms with Gasteiger partial charge < -0.3 is 25.5 Å². The van der Waals surface area contributed by atoms with Gasteiger partial charge in [-0.05, 0) is 0 Å². The van der Waals surface area contributed by atoms with E-state index in [0.717, 1.165) is 0 Å². The SMILES string of the molecule is CON=C[C@H]1O[C@@H](n2cnc3c(N)ncnc32)[C@H](O)[C@@H]1O. The summed E-state index contributed by atoms with van der Waals surface area (Å²) >= 11 is 0. The minimum absolute atomic E-state index is 0.226. The van der Waals surface area contributed by atoms with Gasteiger partial charge >= 0.3 is 0 Å². The van der Waals surface area contributed by atoms with Crippen LogP contribution >= 0.6 is 0 Å². The predicted octanol–water partition coefficient (Wildman–Crippen LogP) is -1.34. The van der Waals surface area contributed by atoms with E-state index in [1.807, 2.05) is 0 Å². The number of anilines is 1. The monoisotopic (exact) mass is 294 g/mol. The Morgan fingerprint density at radius 1 is 1.38 bits per heavy atom. The summed E-state index contributed by atoms with van der Waals surface area (Å²) in [6.07, 6.45) is -0.00778. The molecule has 0 spiro atoms. The molecule has 112 valence electrons. The van der Waals surface area contributed by atoms with Crippen LogP contribution in [0.2, 0.25) is 0 Å². The molecule has 0 unspecified atom stereocenters. The molecule has 0 radical (unpaired) electrons. The lowest BCUT2D eigenvalue weighted by atomic mass is 10.1. The molecule has 1 fully saturated rings. The number of rotatable bonds is 3. The number of oxime groups is 1. The van der Waals surface area contributed by atoms with E-state index < -0.39 is 24.5 Å². The molecule has 0 aromatic carbocycles. The smallest absolute Gasteiger partial charge is 0.167 e. The number of hydrogen-bond donors (Lipinski definition) is 3. The Kier molecular flexibility index (Phi) is 3.41. The zero-order valence-electron chi connectivity index (χ0n) is 11.1. The molecular weight excluding hydrogens is 280 g/mol. The Balaban J connectivity index is 1.96. The number of imidazole rings is 1. The van der Waals surface area contributed by atoms with E-state index in [2.05, 4.69) is 24.9 Å². The van der Waals surface area contributed by atoms with Crippen LogP contribution in [0.25, 0.3) is 11.2 Å². The Morgan fingerprint density at radius 2 is 2.19 bits per heavy atom. The fourth-order valence-corrected chi connectivity index (χ4v) is 2.22. The summed E-state index contributed by atoms with van der Waals surface area (Å²) in [5, 5.41) is 23.6. The number of nitrogen functional groups attached to an aromatic ring is 1. The molecule has 4 atom stereocenters. The second-order valence-electron chi connectivity index (χ2n) is 4.49. The lowest BCUT2D eigenvalue weighted by Gasteiger charge is -2.16. The molecule has 0 aliphatic carbocycles. The van der Waals surface area contributed by atoms with E-state index in [-0.39, 0.29) is 5.82 Å². The second-order valence-corrected chi connectivity index (χ2v) is 4.49. The third-order valence-electron chi connectivity index (χ3n) is 3.25. The quantitative estimate of drug-likeness (QED) is 0.466. The summed E-state index contributed by atoms with van der Waals surface area (Å²) < 4.78 is 7.06. The summed E-state index contributed by atoms with van der Waals surface area (Å²) in [7, 11) is 1.37. The molecule has 2 aromatic rings. The first-order valence-corrected chi connectivity index (χ1v) is 6.14. The summed E-state index contributed by atoms with van der Waals surface area (Å²) in [4.78, 5) is 16.5. The van der Waals surface area contributed by atoms with Gasteiger partial charge in [0.05, 0.1) is 12.5 Å². The predicted molar refractivity (Wildman–Crippen MR) is 71.2 cm³/mol. The number of aliphatic hydroxyl groups is 2. The molecule has 10 heteroatoms. The number of nitrogens with zero attached hydrogens (tertiary/aromatic N) is 5. The largest absolute Gasteiger partial charge is 0.399 e. The summed E-state index contributed by atoms with van der Waals surface area (Å²) in [6.45, 7) is 0. The van der Waals surface area contributed by atoms with Crippen LogP contribution in [0, 0.1) is 0 Å². The molecule has 21 heavy (non-hydrogen) atoms. The molecule has 10 nitrogen and oxygen atoms in total. The molecule has 2 aromatic heterocycles. The second kappa shape index (κ2) is 5.24.